The highest BCUT2D eigenvalue weighted by Crippen LogP contribution is 2.21. The number of aliphatic carboxylic acids is 1. The van der Waals surface area contributed by atoms with Crippen molar-refractivity contribution in [3.05, 3.63) is 28.7 Å². The van der Waals surface area contributed by atoms with Gasteiger partial charge in [-0.2, -0.15) is 0 Å². The van der Waals surface area contributed by atoms with Crippen LogP contribution in [0.3, 0.4) is 0 Å². The molecule has 17 heavy (non-hydrogen) atoms. The number of nitrogens with one attached hydrogen (secondary N) is 1. The lowest BCUT2D eigenvalue weighted by molar-refractivity contribution is -0.137. The van der Waals surface area contributed by atoms with Crippen LogP contribution < -0.4 is 10.2 Å². The van der Waals surface area contributed by atoms with E-state index in [1.165, 1.54) is 0 Å². The molecule has 0 spiro atoms. The van der Waals surface area contributed by atoms with E-state index in [1.54, 1.807) is 0 Å². The van der Waals surface area contributed by atoms with Gasteiger partial charge in [0, 0.05) is 35.8 Å². The first-order valence-corrected chi connectivity index (χ1v) is 6.40. The first-order chi connectivity index (χ1) is 8.15. The molecular weight excluding hydrogens is 284 g/mol. The summed E-state index contributed by atoms with van der Waals surface area (Å²) in [5.74, 6) is -0.751. The first kappa shape index (κ1) is 12.4. The summed E-state index contributed by atoms with van der Waals surface area (Å²) in [5, 5.41) is 12.0. The van der Waals surface area contributed by atoms with Gasteiger partial charge in [0.1, 0.15) is 0 Å². The predicted octanol–water partition coefficient (Wildman–Crippen LogP) is 1.70. The van der Waals surface area contributed by atoms with E-state index in [-0.39, 0.29) is 12.5 Å². The van der Waals surface area contributed by atoms with E-state index in [1.807, 2.05) is 18.2 Å². The van der Waals surface area contributed by atoms with Crippen LogP contribution in [0.15, 0.2) is 28.7 Å². The van der Waals surface area contributed by atoms with E-state index in [4.69, 9.17) is 5.11 Å². The molecule has 1 unspecified atom stereocenters. The number of anilines is 1. The molecule has 0 aromatic heterocycles. The van der Waals surface area contributed by atoms with Crippen molar-refractivity contribution >= 4 is 27.6 Å². The Morgan fingerprint density at radius 3 is 3.12 bits per heavy atom. The van der Waals surface area contributed by atoms with Gasteiger partial charge in [0.15, 0.2) is 0 Å². The molecule has 0 bridgehead atoms. The van der Waals surface area contributed by atoms with Gasteiger partial charge < -0.3 is 15.3 Å². The molecule has 4 nitrogen and oxygen atoms in total. The normalized spacial score (nSPS) is 20.3. The zero-order valence-corrected chi connectivity index (χ0v) is 11.0. The third-order valence-electron chi connectivity index (χ3n) is 2.85. The molecule has 1 aliphatic heterocycles. The van der Waals surface area contributed by atoms with Crippen LogP contribution in [0.5, 0.6) is 0 Å². The molecule has 1 aromatic rings. The average Bonchev–Trinajstić information content (AvgIpc) is 2.28. The van der Waals surface area contributed by atoms with Crippen LogP contribution in [0.2, 0.25) is 0 Å². The summed E-state index contributed by atoms with van der Waals surface area (Å²) in [6.45, 7) is 2.47. The number of rotatable bonds is 3. The molecular formula is C12H15BrN2O2. The number of carbonyl (C=O) groups is 1. The fourth-order valence-corrected chi connectivity index (χ4v) is 2.47. The maximum atomic E-state index is 10.7. The number of carboxylic acids is 1. The number of carboxylic acid groups (broad SMARTS) is 1. The van der Waals surface area contributed by atoms with Crippen molar-refractivity contribution in [1.29, 1.82) is 0 Å². The summed E-state index contributed by atoms with van der Waals surface area (Å²) >= 11 is 3.45. The van der Waals surface area contributed by atoms with Gasteiger partial charge in [-0.05, 0) is 18.2 Å². The monoisotopic (exact) mass is 298 g/mol. The minimum absolute atomic E-state index is 0.0280. The molecule has 0 aliphatic carbocycles. The highest BCUT2D eigenvalue weighted by Gasteiger charge is 2.21. The second-order valence-corrected chi connectivity index (χ2v) is 5.09. The lowest BCUT2D eigenvalue weighted by Crippen LogP contribution is -2.51. The topological polar surface area (TPSA) is 52.6 Å². The minimum atomic E-state index is -0.751. The zero-order valence-electron chi connectivity index (χ0n) is 9.40. The van der Waals surface area contributed by atoms with Gasteiger partial charge in [-0.15, -0.1) is 0 Å². The average molecular weight is 299 g/mol. The lowest BCUT2D eigenvalue weighted by atomic mass is 10.1. The summed E-state index contributed by atoms with van der Waals surface area (Å²) in [6.07, 6.45) is 0.171. The second-order valence-electron chi connectivity index (χ2n) is 4.17. The molecule has 1 heterocycles. The molecule has 2 rings (SSSR count). The predicted molar refractivity (Wildman–Crippen MR) is 70.4 cm³/mol. The summed E-state index contributed by atoms with van der Waals surface area (Å²) in [6, 6.07) is 8.12. The number of halogens is 1. The Hall–Kier alpha value is -1.07. The van der Waals surface area contributed by atoms with Crippen molar-refractivity contribution in [2.24, 2.45) is 0 Å². The van der Waals surface area contributed by atoms with Gasteiger partial charge in [0.25, 0.3) is 0 Å². The molecule has 1 atom stereocenters. The fraction of sp³-hybridized carbons (Fsp3) is 0.417. The molecule has 1 aliphatic rings. The highest BCUT2D eigenvalue weighted by atomic mass is 79.9. The van der Waals surface area contributed by atoms with E-state index in [0.717, 1.165) is 29.8 Å². The second kappa shape index (κ2) is 5.51. The first-order valence-electron chi connectivity index (χ1n) is 5.61. The standard InChI is InChI=1S/C12H15BrN2O2/c13-9-2-1-3-11(6-9)15-5-4-14-10(8-15)7-12(16)17/h1-3,6,10,14H,4-5,7-8H2,(H,16,17). The van der Waals surface area contributed by atoms with E-state index >= 15 is 0 Å². The Balaban J connectivity index is 2.04. The Morgan fingerprint density at radius 1 is 1.59 bits per heavy atom. The van der Waals surface area contributed by atoms with Crippen LogP contribution in [0.25, 0.3) is 0 Å². The number of piperazine rings is 1. The van der Waals surface area contributed by atoms with Crippen molar-refractivity contribution in [2.75, 3.05) is 24.5 Å². The number of benzene rings is 1. The number of hydrogen-bond donors (Lipinski definition) is 2. The Labute approximate surface area is 109 Å². The molecule has 0 amide bonds. The van der Waals surface area contributed by atoms with E-state index in [9.17, 15) is 4.79 Å². The van der Waals surface area contributed by atoms with Crippen molar-refractivity contribution in [3.8, 4) is 0 Å². The van der Waals surface area contributed by atoms with Crippen LogP contribution >= 0.6 is 15.9 Å². The third kappa shape index (κ3) is 3.44. The summed E-state index contributed by atoms with van der Waals surface area (Å²) in [7, 11) is 0. The minimum Gasteiger partial charge on any atom is -0.481 e. The lowest BCUT2D eigenvalue weighted by Gasteiger charge is -2.34. The Morgan fingerprint density at radius 2 is 2.41 bits per heavy atom. The van der Waals surface area contributed by atoms with Crippen LogP contribution in [-0.4, -0.2) is 36.8 Å². The van der Waals surface area contributed by atoms with Crippen molar-refractivity contribution in [2.45, 2.75) is 12.5 Å². The van der Waals surface area contributed by atoms with Gasteiger partial charge in [-0.3, -0.25) is 4.79 Å². The van der Waals surface area contributed by atoms with Crippen molar-refractivity contribution < 1.29 is 9.90 Å². The van der Waals surface area contributed by atoms with Gasteiger partial charge in [-0.1, -0.05) is 22.0 Å². The van der Waals surface area contributed by atoms with Crippen LogP contribution in [-0.2, 0) is 4.79 Å². The number of hydrogen-bond acceptors (Lipinski definition) is 3. The Kier molecular flexibility index (Phi) is 4.02. The maximum absolute atomic E-state index is 10.7. The van der Waals surface area contributed by atoms with Crippen molar-refractivity contribution in [3.63, 3.8) is 0 Å². The highest BCUT2D eigenvalue weighted by molar-refractivity contribution is 9.10. The van der Waals surface area contributed by atoms with Crippen molar-refractivity contribution in [1.82, 2.24) is 5.32 Å². The van der Waals surface area contributed by atoms with E-state index in [0.29, 0.717) is 0 Å². The molecule has 0 radical (unpaired) electrons. The van der Waals surface area contributed by atoms with Gasteiger partial charge in [0.05, 0.1) is 6.42 Å². The molecule has 5 heteroatoms. The van der Waals surface area contributed by atoms with Gasteiger partial charge in [-0.25, -0.2) is 0 Å². The molecule has 0 saturated carbocycles. The zero-order chi connectivity index (χ0) is 12.3. The molecule has 1 fully saturated rings. The number of nitrogens with zero attached hydrogens (tertiary/aromatic N) is 1. The molecule has 1 saturated heterocycles. The third-order valence-corrected chi connectivity index (χ3v) is 3.34. The molecule has 92 valence electrons. The van der Waals surface area contributed by atoms with Gasteiger partial charge >= 0.3 is 5.97 Å². The van der Waals surface area contributed by atoms with Gasteiger partial charge in [0.2, 0.25) is 0 Å². The fourth-order valence-electron chi connectivity index (χ4n) is 2.08. The van der Waals surface area contributed by atoms with Crippen LogP contribution in [0.4, 0.5) is 5.69 Å². The summed E-state index contributed by atoms with van der Waals surface area (Å²) < 4.78 is 1.04. The largest absolute Gasteiger partial charge is 0.481 e. The quantitative estimate of drug-likeness (QED) is 0.892. The Bertz CT molecular complexity index is 411. The SMILES string of the molecule is O=C(O)CC1CN(c2cccc(Br)c2)CCN1. The van der Waals surface area contributed by atoms with E-state index < -0.39 is 5.97 Å². The molecule has 2 N–H and O–H groups in total. The summed E-state index contributed by atoms with van der Waals surface area (Å²) in [5.41, 5.74) is 1.14. The van der Waals surface area contributed by atoms with Crippen LogP contribution in [0, 0.1) is 0 Å². The molecule has 1 aromatic carbocycles. The maximum Gasteiger partial charge on any atom is 0.304 e. The summed E-state index contributed by atoms with van der Waals surface area (Å²) in [4.78, 5) is 12.9. The smallest absolute Gasteiger partial charge is 0.304 e. The van der Waals surface area contributed by atoms with Crippen LogP contribution in [0.1, 0.15) is 6.42 Å². The van der Waals surface area contributed by atoms with E-state index in [2.05, 4.69) is 32.2 Å².